The maximum atomic E-state index is 13.9. The molecule has 0 aliphatic carbocycles. The van der Waals surface area contributed by atoms with Gasteiger partial charge in [0.2, 0.25) is 0 Å². The molecule has 0 saturated carbocycles. The molecule has 0 spiro atoms. The molecule has 0 aliphatic heterocycles. The second-order valence-electron chi connectivity index (χ2n) is 6.98. The van der Waals surface area contributed by atoms with Gasteiger partial charge in [0.15, 0.2) is 11.5 Å². The summed E-state index contributed by atoms with van der Waals surface area (Å²) in [5.74, 6) is -4.75. The molecule has 9 heteroatoms. The second kappa shape index (κ2) is 11.0. The maximum absolute atomic E-state index is 13.9. The van der Waals surface area contributed by atoms with Crippen LogP contribution in [0.3, 0.4) is 0 Å². The summed E-state index contributed by atoms with van der Waals surface area (Å²) >= 11 is 0. The molecule has 2 rings (SSSR count). The number of esters is 2. The monoisotopic (exact) mass is 447 g/mol. The molecule has 1 amide bonds. The van der Waals surface area contributed by atoms with Crippen LogP contribution in [0.5, 0.6) is 11.5 Å². The molecule has 170 valence electrons. The number of hydrogen-bond donors (Lipinski definition) is 1. The van der Waals surface area contributed by atoms with Crippen LogP contribution in [0.2, 0.25) is 0 Å². The van der Waals surface area contributed by atoms with Crippen molar-refractivity contribution in [1.29, 1.82) is 0 Å². The lowest BCUT2D eigenvalue weighted by molar-refractivity contribution is -0.138. The summed E-state index contributed by atoms with van der Waals surface area (Å²) in [7, 11) is 2.61. The molecule has 0 bridgehead atoms. The third-order valence-corrected chi connectivity index (χ3v) is 4.41. The summed E-state index contributed by atoms with van der Waals surface area (Å²) in [6, 6.07) is 6.38. The van der Waals surface area contributed by atoms with Crippen molar-refractivity contribution in [3.63, 3.8) is 0 Å². The molecular weight excluding hydrogens is 424 g/mol. The van der Waals surface area contributed by atoms with Gasteiger partial charge in [0.25, 0.3) is 5.91 Å². The van der Waals surface area contributed by atoms with Crippen LogP contribution in [0.25, 0.3) is 6.08 Å². The van der Waals surface area contributed by atoms with E-state index in [1.54, 1.807) is 19.9 Å². The Morgan fingerprint density at radius 2 is 1.66 bits per heavy atom. The van der Waals surface area contributed by atoms with E-state index in [9.17, 15) is 23.2 Å². The van der Waals surface area contributed by atoms with E-state index >= 15 is 0 Å². The number of ether oxygens (including phenoxy) is 3. The van der Waals surface area contributed by atoms with Crippen molar-refractivity contribution < 1.29 is 37.4 Å². The minimum Gasteiger partial charge on any atom is -0.493 e. The van der Waals surface area contributed by atoms with Gasteiger partial charge in [-0.15, -0.1) is 0 Å². The van der Waals surface area contributed by atoms with Crippen LogP contribution in [0, 0.1) is 17.6 Å². The van der Waals surface area contributed by atoms with Gasteiger partial charge in [-0.05, 0) is 41.8 Å². The van der Waals surface area contributed by atoms with E-state index in [2.05, 4.69) is 10.1 Å². The molecule has 0 aliphatic rings. The maximum Gasteiger partial charge on any atom is 0.334 e. The zero-order valence-electron chi connectivity index (χ0n) is 18.0. The first kappa shape index (κ1) is 24.5. The van der Waals surface area contributed by atoms with Crippen molar-refractivity contribution >= 4 is 23.9 Å². The molecule has 1 atom stereocenters. The molecule has 1 unspecified atom stereocenters. The van der Waals surface area contributed by atoms with Gasteiger partial charge in [-0.25, -0.2) is 18.4 Å². The quantitative estimate of drug-likeness (QED) is 0.378. The molecule has 0 heterocycles. The zero-order valence-corrected chi connectivity index (χ0v) is 18.0. The molecule has 0 aromatic heterocycles. The van der Waals surface area contributed by atoms with Crippen molar-refractivity contribution in [2.24, 2.45) is 5.92 Å². The SMILES string of the molecule is COC(=O)/C=C/c1ccc(OC(=O)C(NC(=O)c2c(F)cccc2F)C(C)C)c(OC)c1. The highest BCUT2D eigenvalue weighted by molar-refractivity contribution is 5.97. The molecule has 1 N–H and O–H groups in total. The van der Waals surface area contributed by atoms with E-state index < -0.39 is 47.0 Å². The van der Waals surface area contributed by atoms with Gasteiger partial charge in [0, 0.05) is 6.08 Å². The number of hydrogen-bond acceptors (Lipinski definition) is 6. The highest BCUT2D eigenvalue weighted by Crippen LogP contribution is 2.29. The van der Waals surface area contributed by atoms with Crippen LogP contribution < -0.4 is 14.8 Å². The predicted octanol–water partition coefficient (Wildman–Crippen LogP) is 3.52. The average molecular weight is 447 g/mol. The fourth-order valence-electron chi connectivity index (χ4n) is 2.70. The second-order valence-corrected chi connectivity index (χ2v) is 6.98. The molecule has 7 nitrogen and oxygen atoms in total. The number of rotatable bonds is 8. The van der Waals surface area contributed by atoms with E-state index in [1.165, 1.54) is 38.5 Å². The minimum absolute atomic E-state index is 0.0599. The third kappa shape index (κ3) is 6.13. The topological polar surface area (TPSA) is 90.9 Å². The fourth-order valence-corrected chi connectivity index (χ4v) is 2.70. The van der Waals surface area contributed by atoms with E-state index in [-0.39, 0.29) is 11.5 Å². The van der Waals surface area contributed by atoms with Crippen molar-refractivity contribution in [2.45, 2.75) is 19.9 Å². The summed E-state index contributed by atoms with van der Waals surface area (Å²) in [5.41, 5.74) is -0.207. The third-order valence-electron chi connectivity index (χ3n) is 4.41. The number of methoxy groups -OCH3 is 2. The summed E-state index contributed by atoms with van der Waals surface area (Å²) in [5, 5.41) is 2.33. The van der Waals surface area contributed by atoms with Crippen LogP contribution in [-0.2, 0) is 14.3 Å². The highest BCUT2D eigenvalue weighted by atomic mass is 19.1. The van der Waals surface area contributed by atoms with E-state index in [4.69, 9.17) is 9.47 Å². The summed E-state index contributed by atoms with van der Waals surface area (Å²) < 4.78 is 42.9. The van der Waals surface area contributed by atoms with Crippen LogP contribution in [0.15, 0.2) is 42.5 Å². The summed E-state index contributed by atoms with van der Waals surface area (Å²) in [4.78, 5) is 36.4. The lowest BCUT2D eigenvalue weighted by Crippen LogP contribution is -2.46. The van der Waals surface area contributed by atoms with Crippen LogP contribution in [-0.4, -0.2) is 38.1 Å². The summed E-state index contributed by atoms with van der Waals surface area (Å²) in [6.07, 6.45) is 2.70. The van der Waals surface area contributed by atoms with Gasteiger partial charge in [-0.2, -0.15) is 0 Å². The molecule has 0 radical (unpaired) electrons. The van der Waals surface area contributed by atoms with Crippen LogP contribution in [0.1, 0.15) is 29.8 Å². The van der Waals surface area contributed by atoms with Gasteiger partial charge >= 0.3 is 11.9 Å². The molecular formula is C23H23F2NO6. The smallest absolute Gasteiger partial charge is 0.334 e. The normalized spacial score (nSPS) is 11.8. The van der Waals surface area contributed by atoms with Crippen molar-refractivity contribution in [1.82, 2.24) is 5.32 Å². The first-order valence-corrected chi connectivity index (χ1v) is 9.58. The van der Waals surface area contributed by atoms with Crippen molar-refractivity contribution in [3.8, 4) is 11.5 Å². The minimum atomic E-state index is -1.19. The Bertz CT molecular complexity index is 1010. The van der Waals surface area contributed by atoms with E-state index in [0.717, 1.165) is 18.2 Å². The van der Waals surface area contributed by atoms with E-state index in [0.29, 0.717) is 5.56 Å². The Balaban J connectivity index is 2.21. The number of carbonyl (C=O) groups is 3. The Morgan fingerprint density at radius 1 is 1.00 bits per heavy atom. The molecule has 0 saturated heterocycles. The molecule has 2 aromatic carbocycles. The molecule has 32 heavy (non-hydrogen) atoms. The van der Waals surface area contributed by atoms with Gasteiger partial charge in [0.1, 0.15) is 23.2 Å². The Kier molecular flexibility index (Phi) is 8.46. The lowest BCUT2D eigenvalue weighted by Gasteiger charge is -2.21. The number of halogens is 2. The van der Waals surface area contributed by atoms with Gasteiger partial charge in [-0.3, -0.25) is 4.79 Å². The summed E-state index contributed by atoms with van der Waals surface area (Å²) in [6.45, 7) is 3.28. The first-order valence-electron chi connectivity index (χ1n) is 9.58. The van der Waals surface area contributed by atoms with E-state index in [1.807, 2.05) is 0 Å². The van der Waals surface area contributed by atoms with Gasteiger partial charge in [-0.1, -0.05) is 26.0 Å². The fraction of sp³-hybridized carbons (Fsp3) is 0.261. The average Bonchev–Trinajstić information content (AvgIpc) is 2.75. The first-order chi connectivity index (χ1) is 15.2. The number of amides is 1. The molecule has 0 fully saturated rings. The Labute approximate surface area is 184 Å². The van der Waals surface area contributed by atoms with Gasteiger partial charge in [0.05, 0.1) is 14.2 Å². The zero-order chi connectivity index (χ0) is 23.8. The van der Waals surface area contributed by atoms with Crippen LogP contribution >= 0.6 is 0 Å². The number of benzene rings is 2. The number of nitrogens with one attached hydrogen (secondary N) is 1. The lowest BCUT2D eigenvalue weighted by atomic mass is 10.0. The predicted molar refractivity (Wildman–Crippen MR) is 112 cm³/mol. The van der Waals surface area contributed by atoms with Crippen LogP contribution in [0.4, 0.5) is 8.78 Å². The largest absolute Gasteiger partial charge is 0.493 e. The highest BCUT2D eigenvalue weighted by Gasteiger charge is 2.29. The standard InChI is InChI=1S/C23H23F2NO6/c1-13(2)21(26-22(28)20-15(24)6-5-7-16(20)25)23(29)32-17-10-8-14(12-18(17)30-3)9-11-19(27)31-4/h5-13,21H,1-4H3,(H,26,28)/b11-9+. The van der Waals surface area contributed by atoms with Crippen molar-refractivity contribution in [2.75, 3.05) is 14.2 Å². The Hall–Kier alpha value is -3.75. The molecule has 2 aromatic rings. The van der Waals surface area contributed by atoms with Crippen molar-refractivity contribution in [3.05, 3.63) is 65.2 Å². The Morgan fingerprint density at radius 3 is 2.22 bits per heavy atom. The van der Waals surface area contributed by atoms with Gasteiger partial charge < -0.3 is 19.5 Å². The number of carbonyl (C=O) groups excluding carboxylic acids is 3.